The van der Waals surface area contributed by atoms with Crippen molar-refractivity contribution in [3.63, 3.8) is 0 Å². The SMILES string of the molecule is CC1(C)O[C@H]([C@H](O)CO)[C@H](COc2c[nH]c3c2N2C=NC3(O)N2)O1. The second-order valence-electron chi connectivity index (χ2n) is 6.47. The predicted octanol–water partition coefficient (Wildman–Crippen LogP) is -1.26. The van der Waals surface area contributed by atoms with Gasteiger partial charge in [-0.2, -0.15) is 5.43 Å². The van der Waals surface area contributed by atoms with Gasteiger partial charge in [0.25, 0.3) is 5.85 Å². The van der Waals surface area contributed by atoms with Gasteiger partial charge in [0.15, 0.2) is 11.5 Å². The lowest BCUT2D eigenvalue weighted by Crippen LogP contribution is -2.40. The van der Waals surface area contributed by atoms with Crippen LogP contribution in [0.2, 0.25) is 0 Å². The second kappa shape index (κ2) is 5.15. The van der Waals surface area contributed by atoms with Crippen LogP contribution < -0.4 is 15.2 Å². The third-order valence-corrected chi connectivity index (χ3v) is 4.23. The molecular weight excluding hydrogens is 320 g/mol. The van der Waals surface area contributed by atoms with Crippen LogP contribution in [-0.4, -0.2) is 64.0 Å². The molecule has 0 saturated carbocycles. The van der Waals surface area contributed by atoms with Crippen molar-refractivity contribution in [2.24, 2.45) is 4.99 Å². The van der Waals surface area contributed by atoms with E-state index in [-0.39, 0.29) is 6.61 Å². The van der Waals surface area contributed by atoms with Gasteiger partial charge in [-0.15, -0.1) is 0 Å². The minimum Gasteiger partial charge on any atom is -0.487 e. The number of aromatic nitrogens is 1. The van der Waals surface area contributed by atoms with Crippen LogP contribution in [0.15, 0.2) is 11.2 Å². The van der Waals surface area contributed by atoms with Gasteiger partial charge in [-0.25, -0.2) is 4.99 Å². The lowest BCUT2D eigenvalue weighted by Gasteiger charge is -2.21. The number of anilines is 1. The smallest absolute Gasteiger partial charge is 0.277 e. The van der Waals surface area contributed by atoms with Crippen LogP contribution in [0.25, 0.3) is 0 Å². The van der Waals surface area contributed by atoms with E-state index in [2.05, 4.69) is 15.4 Å². The average Bonchev–Trinajstić information content (AvgIpc) is 3.24. The first-order valence-corrected chi connectivity index (χ1v) is 7.67. The molecule has 2 bridgehead atoms. The van der Waals surface area contributed by atoms with Crippen molar-refractivity contribution in [3.8, 4) is 5.75 Å². The van der Waals surface area contributed by atoms with E-state index < -0.39 is 36.6 Å². The van der Waals surface area contributed by atoms with Crippen LogP contribution in [0.3, 0.4) is 0 Å². The number of H-pyrrole nitrogens is 1. The van der Waals surface area contributed by atoms with Gasteiger partial charge in [0, 0.05) is 6.20 Å². The molecule has 0 aromatic carbocycles. The molecule has 4 rings (SSSR count). The van der Waals surface area contributed by atoms with Gasteiger partial charge in [0.2, 0.25) is 0 Å². The number of hydrogen-bond acceptors (Lipinski definition) is 9. The number of aliphatic hydroxyl groups excluding tert-OH is 2. The normalized spacial score (nSPS) is 34.0. The third kappa shape index (κ3) is 2.31. The molecular formula is C14H20N4O6. The van der Waals surface area contributed by atoms with Gasteiger partial charge in [-0.05, 0) is 13.8 Å². The van der Waals surface area contributed by atoms with Gasteiger partial charge in [-0.3, -0.25) is 5.01 Å². The highest BCUT2D eigenvalue weighted by Gasteiger charge is 2.49. The van der Waals surface area contributed by atoms with Gasteiger partial charge in [-0.1, -0.05) is 0 Å². The number of rotatable bonds is 5. The van der Waals surface area contributed by atoms with Crippen molar-refractivity contribution in [1.82, 2.24) is 10.4 Å². The van der Waals surface area contributed by atoms with E-state index in [4.69, 9.17) is 14.2 Å². The summed E-state index contributed by atoms with van der Waals surface area (Å²) in [6, 6.07) is 0. The number of aliphatic imine (C=N–C) groups is 1. The zero-order valence-corrected chi connectivity index (χ0v) is 13.3. The quantitative estimate of drug-likeness (QED) is 0.449. The van der Waals surface area contributed by atoms with E-state index in [0.29, 0.717) is 17.1 Å². The number of hydrogen-bond donors (Lipinski definition) is 5. The van der Waals surface area contributed by atoms with Crippen LogP contribution in [0.1, 0.15) is 19.5 Å². The summed E-state index contributed by atoms with van der Waals surface area (Å²) in [5, 5.41) is 30.9. The summed E-state index contributed by atoms with van der Waals surface area (Å²) >= 11 is 0. The monoisotopic (exact) mass is 340 g/mol. The number of nitrogens with zero attached hydrogens (tertiary/aromatic N) is 2. The van der Waals surface area contributed by atoms with Crippen LogP contribution in [0.5, 0.6) is 5.75 Å². The Labute approximate surface area is 137 Å². The number of ether oxygens (including phenoxy) is 3. The molecule has 3 aliphatic heterocycles. The molecule has 5 N–H and O–H groups in total. The molecule has 0 spiro atoms. The first-order chi connectivity index (χ1) is 11.3. The Morgan fingerprint density at radius 3 is 3.00 bits per heavy atom. The number of nitrogens with one attached hydrogen (secondary N) is 2. The first-order valence-electron chi connectivity index (χ1n) is 7.67. The number of aliphatic hydroxyl groups is 3. The zero-order valence-electron chi connectivity index (χ0n) is 13.3. The lowest BCUT2D eigenvalue weighted by atomic mass is 10.1. The lowest BCUT2D eigenvalue weighted by molar-refractivity contribution is -0.158. The van der Waals surface area contributed by atoms with Crippen molar-refractivity contribution in [3.05, 3.63) is 11.9 Å². The van der Waals surface area contributed by atoms with Crippen LogP contribution >= 0.6 is 0 Å². The van der Waals surface area contributed by atoms with Crippen LogP contribution in [0, 0.1) is 0 Å². The van der Waals surface area contributed by atoms with Crippen molar-refractivity contribution in [2.75, 3.05) is 18.2 Å². The average molecular weight is 340 g/mol. The molecule has 10 heteroatoms. The molecule has 4 atom stereocenters. The third-order valence-electron chi connectivity index (χ3n) is 4.23. The Bertz CT molecular complexity index is 676. The Morgan fingerprint density at radius 1 is 1.46 bits per heavy atom. The molecule has 1 fully saturated rings. The molecule has 1 aromatic rings. The van der Waals surface area contributed by atoms with Crippen molar-refractivity contribution < 1.29 is 29.5 Å². The van der Waals surface area contributed by atoms with E-state index in [9.17, 15) is 15.3 Å². The fourth-order valence-corrected chi connectivity index (χ4v) is 3.21. The first kappa shape index (κ1) is 15.8. The largest absolute Gasteiger partial charge is 0.487 e. The van der Waals surface area contributed by atoms with E-state index >= 15 is 0 Å². The molecule has 1 saturated heterocycles. The van der Waals surface area contributed by atoms with Crippen LogP contribution in [-0.2, 0) is 15.3 Å². The Kier molecular flexibility index (Phi) is 3.39. The maximum absolute atomic E-state index is 10.3. The van der Waals surface area contributed by atoms with E-state index in [1.807, 2.05) is 0 Å². The second-order valence-corrected chi connectivity index (χ2v) is 6.47. The predicted molar refractivity (Wildman–Crippen MR) is 81.2 cm³/mol. The van der Waals surface area contributed by atoms with E-state index in [1.165, 1.54) is 6.34 Å². The molecule has 10 nitrogen and oxygen atoms in total. The molecule has 0 radical (unpaired) electrons. The van der Waals surface area contributed by atoms with Gasteiger partial charge >= 0.3 is 0 Å². The summed E-state index contributed by atoms with van der Waals surface area (Å²) in [4.78, 5) is 6.89. The summed E-state index contributed by atoms with van der Waals surface area (Å²) < 4.78 is 17.2. The fourth-order valence-electron chi connectivity index (χ4n) is 3.21. The topological polar surface area (TPSA) is 132 Å². The molecule has 3 aliphatic rings. The minimum atomic E-state index is -1.48. The summed E-state index contributed by atoms with van der Waals surface area (Å²) in [6.07, 6.45) is 0.783. The summed E-state index contributed by atoms with van der Waals surface area (Å²) in [7, 11) is 0. The van der Waals surface area contributed by atoms with Crippen LogP contribution in [0.4, 0.5) is 5.69 Å². The standard InChI is InChI=1S/C14H20N4O6/c1-13(2)23-9(11(24-13)7(20)4-19)5-22-8-3-15-12-10(8)18-6-16-14(12,21)17-18/h3,6-7,9,11,15,17,19-21H,4-5H2,1-2H3/t7-,9+,11-,14?/m1/s1. The summed E-state index contributed by atoms with van der Waals surface area (Å²) in [6.45, 7) is 3.15. The summed E-state index contributed by atoms with van der Waals surface area (Å²) in [5.74, 6) is -1.85. The Morgan fingerprint density at radius 2 is 2.25 bits per heavy atom. The molecule has 1 unspecified atom stereocenters. The zero-order chi connectivity index (χ0) is 17.1. The maximum Gasteiger partial charge on any atom is 0.277 e. The highest BCUT2D eigenvalue weighted by atomic mass is 16.8. The molecule has 132 valence electrons. The van der Waals surface area contributed by atoms with Crippen molar-refractivity contribution in [1.29, 1.82) is 0 Å². The molecule has 0 amide bonds. The van der Waals surface area contributed by atoms with Crippen molar-refractivity contribution >= 4 is 12.0 Å². The molecule has 0 aliphatic carbocycles. The van der Waals surface area contributed by atoms with E-state index in [1.54, 1.807) is 25.1 Å². The highest BCUT2D eigenvalue weighted by Crippen LogP contribution is 2.45. The number of hydrazine groups is 1. The number of fused-ring (bicyclic) bond motifs is 5. The Hall–Kier alpha value is -1.69. The van der Waals surface area contributed by atoms with Crippen molar-refractivity contribution in [2.45, 2.75) is 43.8 Å². The molecule has 1 aromatic heterocycles. The van der Waals surface area contributed by atoms with E-state index in [0.717, 1.165) is 0 Å². The number of aromatic amines is 1. The van der Waals surface area contributed by atoms with Gasteiger partial charge in [0.1, 0.15) is 42.6 Å². The maximum atomic E-state index is 10.3. The molecule has 4 heterocycles. The van der Waals surface area contributed by atoms with Gasteiger partial charge < -0.3 is 34.5 Å². The highest BCUT2D eigenvalue weighted by molar-refractivity contribution is 5.89. The summed E-state index contributed by atoms with van der Waals surface area (Å²) in [5.41, 5.74) is 3.93. The molecule has 24 heavy (non-hydrogen) atoms. The minimum absolute atomic E-state index is 0.110. The fraction of sp³-hybridized carbons (Fsp3) is 0.643. The Balaban J connectivity index is 1.48. The van der Waals surface area contributed by atoms with Gasteiger partial charge in [0.05, 0.1) is 6.61 Å².